The zero-order chi connectivity index (χ0) is 21.6. The molecule has 0 unspecified atom stereocenters. The molecule has 2 aromatic carbocycles. The van der Waals surface area contributed by atoms with Crippen LogP contribution in [0.5, 0.6) is 5.75 Å². The van der Waals surface area contributed by atoms with E-state index in [1.54, 1.807) is 18.2 Å². The third-order valence-corrected chi connectivity index (χ3v) is 6.15. The van der Waals surface area contributed by atoms with Gasteiger partial charge in [-0.3, -0.25) is 9.59 Å². The highest BCUT2D eigenvalue weighted by molar-refractivity contribution is 5.94. The molecule has 0 radical (unpaired) electrons. The number of amides is 2. The number of benzene rings is 2. The third-order valence-electron chi connectivity index (χ3n) is 6.15. The minimum atomic E-state index is -0.334. The average Bonchev–Trinajstić information content (AvgIpc) is 3.34. The first-order valence-corrected chi connectivity index (χ1v) is 11.1. The van der Waals surface area contributed by atoms with Crippen LogP contribution in [-0.2, 0) is 11.2 Å². The number of carbonyl (C=O) groups excluding carboxylic acids is 2. The average molecular weight is 425 g/mol. The van der Waals surface area contributed by atoms with Crippen LogP contribution < -0.4 is 4.74 Å². The van der Waals surface area contributed by atoms with E-state index >= 15 is 0 Å². The van der Waals surface area contributed by atoms with Crippen molar-refractivity contribution in [3.8, 4) is 5.75 Å². The van der Waals surface area contributed by atoms with Gasteiger partial charge in [0.05, 0.1) is 13.0 Å². The van der Waals surface area contributed by atoms with E-state index in [9.17, 15) is 14.0 Å². The topological polar surface area (TPSA) is 49.9 Å². The van der Waals surface area contributed by atoms with Crippen molar-refractivity contribution >= 4 is 11.8 Å². The summed E-state index contributed by atoms with van der Waals surface area (Å²) in [5, 5.41) is 0. The van der Waals surface area contributed by atoms with E-state index < -0.39 is 0 Å². The molecule has 2 fully saturated rings. The fourth-order valence-electron chi connectivity index (χ4n) is 4.35. The second kappa shape index (κ2) is 9.94. The fourth-order valence-corrected chi connectivity index (χ4v) is 4.35. The van der Waals surface area contributed by atoms with Gasteiger partial charge in [0.15, 0.2) is 0 Å². The van der Waals surface area contributed by atoms with E-state index in [0.29, 0.717) is 30.8 Å². The van der Waals surface area contributed by atoms with E-state index in [4.69, 9.17) is 4.74 Å². The number of hydrogen-bond acceptors (Lipinski definition) is 3. The lowest BCUT2D eigenvalue weighted by atomic mass is 9.98. The maximum atomic E-state index is 13.9. The van der Waals surface area contributed by atoms with Gasteiger partial charge in [0, 0.05) is 37.7 Å². The molecule has 0 spiro atoms. The summed E-state index contributed by atoms with van der Waals surface area (Å²) >= 11 is 0. The summed E-state index contributed by atoms with van der Waals surface area (Å²) in [7, 11) is 0. The minimum Gasteiger partial charge on any atom is -0.493 e. The number of rotatable bonds is 6. The molecule has 0 N–H and O–H groups in total. The summed E-state index contributed by atoms with van der Waals surface area (Å²) < 4.78 is 19.8. The summed E-state index contributed by atoms with van der Waals surface area (Å²) in [6.45, 7) is 3.52. The second-order valence-electron chi connectivity index (χ2n) is 8.45. The number of halogens is 1. The lowest BCUT2D eigenvalue weighted by Gasteiger charge is -2.32. The SMILES string of the molecule is O=C(Cc1ccccc1F)N1CCC[C@H](COc2ccc(C(=O)N3CCCC3)cc2)C1. The molecule has 0 bridgehead atoms. The van der Waals surface area contributed by atoms with Crippen molar-refractivity contribution in [2.75, 3.05) is 32.8 Å². The molecule has 4 rings (SSSR count). The molecule has 6 heteroatoms. The van der Waals surface area contributed by atoms with Crippen LogP contribution in [-0.4, -0.2) is 54.4 Å². The summed E-state index contributed by atoms with van der Waals surface area (Å²) in [5.74, 6) is 0.677. The molecular weight excluding hydrogens is 395 g/mol. The van der Waals surface area contributed by atoms with Crippen LogP contribution in [0.15, 0.2) is 48.5 Å². The van der Waals surface area contributed by atoms with E-state index in [2.05, 4.69) is 0 Å². The molecule has 1 atom stereocenters. The van der Waals surface area contributed by atoms with Crippen LogP contribution in [0.2, 0.25) is 0 Å². The third kappa shape index (κ3) is 5.43. The van der Waals surface area contributed by atoms with Crippen molar-refractivity contribution < 1.29 is 18.7 Å². The van der Waals surface area contributed by atoms with Gasteiger partial charge in [-0.2, -0.15) is 0 Å². The molecule has 0 saturated carbocycles. The van der Waals surface area contributed by atoms with Crippen molar-refractivity contribution in [1.82, 2.24) is 9.80 Å². The predicted molar refractivity (Wildman–Crippen MR) is 116 cm³/mol. The molecule has 0 aromatic heterocycles. The Bertz CT molecular complexity index is 909. The smallest absolute Gasteiger partial charge is 0.253 e. The van der Waals surface area contributed by atoms with E-state index in [1.807, 2.05) is 34.1 Å². The van der Waals surface area contributed by atoms with Gasteiger partial charge in [0.25, 0.3) is 5.91 Å². The van der Waals surface area contributed by atoms with E-state index in [0.717, 1.165) is 44.5 Å². The van der Waals surface area contributed by atoms with Crippen molar-refractivity contribution in [3.63, 3.8) is 0 Å². The van der Waals surface area contributed by atoms with Gasteiger partial charge in [-0.1, -0.05) is 18.2 Å². The maximum absolute atomic E-state index is 13.9. The van der Waals surface area contributed by atoms with Gasteiger partial charge >= 0.3 is 0 Å². The molecular formula is C25H29FN2O3. The Morgan fingerprint density at radius 2 is 1.65 bits per heavy atom. The molecule has 2 aromatic rings. The highest BCUT2D eigenvalue weighted by Gasteiger charge is 2.25. The summed E-state index contributed by atoms with van der Waals surface area (Å²) in [4.78, 5) is 28.8. The quantitative estimate of drug-likeness (QED) is 0.706. The highest BCUT2D eigenvalue weighted by atomic mass is 19.1. The van der Waals surface area contributed by atoms with E-state index in [-0.39, 0.29) is 30.0 Å². The van der Waals surface area contributed by atoms with Crippen molar-refractivity contribution in [2.24, 2.45) is 5.92 Å². The van der Waals surface area contributed by atoms with Gasteiger partial charge in [-0.15, -0.1) is 0 Å². The Kier molecular flexibility index (Phi) is 6.85. The zero-order valence-corrected chi connectivity index (χ0v) is 17.8. The van der Waals surface area contributed by atoms with Crippen LogP contribution in [0.25, 0.3) is 0 Å². The summed E-state index contributed by atoms with van der Waals surface area (Å²) in [5.41, 5.74) is 1.13. The molecule has 5 nitrogen and oxygen atoms in total. The van der Waals surface area contributed by atoms with Gasteiger partial charge in [0.1, 0.15) is 11.6 Å². The number of piperidine rings is 1. The van der Waals surface area contributed by atoms with Crippen LogP contribution in [0.3, 0.4) is 0 Å². The Morgan fingerprint density at radius 3 is 2.39 bits per heavy atom. The van der Waals surface area contributed by atoms with Crippen molar-refractivity contribution in [2.45, 2.75) is 32.1 Å². The Labute approximate surface area is 182 Å². The van der Waals surface area contributed by atoms with Gasteiger partial charge in [0.2, 0.25) is 5.91 Å². The summed E-state index contributed by atoms with van der Waals surface area (Å²) in [6, 6.07) is 13.8. The van der Waals surface area contributed by atoms with Crippen molar-refractivity contribution in [1.29, 1.82) is 0 Å². The number of hydrogen-bond donors (Lipinski definition) is 0. The monoisotopic (exact) mass is 424 g/mol. The Hall–Kier alpha value is -2.89. The van der Waals surface area contributed by atoms with Crippen LogP contribution in [0.4, 0.5) is 4.39 Å². The molecule has 31 heavy (non-hydrogen) atoms. The molecule has 2 amide bonds. The number of carbonyl (C=O) groups is 2. The normalized spacial score (nSPS) is 18.8. The first kappa shape index (κ1) is 21.3. The predicted octanol–water partition coefficient (Wildman–Crippen LogP) is 3.92. The molecule has 2 heterocycles. The van der Waals surface area contributed by atoms with Crippen LogP contribution in [0.1, 0.15) is 41.6 Å². The lowest BCUT2D eigenvalue weighted by molar-refractivity contribution is -0.132. The minimum absolute atomic E-state index is 0.0421. The second-order valence-corrected chi connectivity index (χ2v) is 8.45. The fraction of sp³-hybridized carbons (Fsp3) is 0.440. The molecule has 2 aliphatic heterocycles. The molecule has 0 aliphatic carbocycles. The Balaban J connectivity index is 1.27. The molecule has 2 aliphatic rings. The zero-order valence-electron chi connectivity index (χ0n) is 17.8. The number of nitrogens with zero attached hydrogens (tertiary/aromatic N) is 2. The number of likely N-dealkylation sites (tertiary alicyclic amines) is 2. The van der Waals surface area contributed by atoms with E-state index in [1.165, 1.54) is 6.07 Å². The largest absolute Gasteiger partial charge is 0.493 e. The lowest BCUT2D eigenvalue weighted by Crippen LogP contribution is -2.42. The van der Waals surface area contributed by atoms with Gasteiger partial charge in [-0.25, -0.2) is 4.39 Å². The number of ether oxygens (including phenoxy) is 1. The molecule has 164 valence electrons. The van der Waals surface area contributed by atoms with Crippen molar-refractivity contribution in [3.05, 3.63) is 65.5 Å². The highest BCUT2D eigenvalue weighted by Crippen LogP contribution is 2.21. The summed E-state index contributed by atoms with van der Waals surface area (Å²) in [6.07, 6.45) is 4.16. The van der Waals surface area contributed by atoms with Crippen LogP contribution in [0, 0.1) is 11.7 Å². The van der Waals surface area contributed by atoms with Crippen LogP contribution >= 0.6 is 0 Å². The standard InChI is InChI=1S/C25H29FN2O3/c26-23-8-2-1-7-21(23)16-24(29)28-15-5-6-19(17-28)18-31-22-11-9-20(10-12-22)25(30)27-13-3-4-14-27/h1-2,7-12,19H,3-6,13-18H2/t19-/m0/s1. The van der Waals surface area contributed by atoms with Gasteiger partial charge in [-0.05, 0) is 61.6 Å². The Morgan fingerprint density at radius 1 is 0.935 bits per heavy atom. The maximum Gasteiger partial charge on any atom is 0.253 e. The first-order valence-electron chi connectivity index (χ1n) is 11.1. The van der Waals surface area contributed by atoms with Gasteiger partial charge < -0.3 is 14.5 Å². The first-order chi connectivity index (χ1) is 15.1. The molecule has 2 saturated heterocycles.